The minimum atomic E-state index is 0. The van der Waals surface area contributed by atoms with Gasteiger partial charge in [-0.3, -0.25) is 4.79 Å². The summed E-state index contributed by atoms with van der Waals surface area (Å²) in [6, 6.07) is 0.417. The van der Waals surface area contributed by atoms with Gasteiger partial charge in [0.1, 0.15) is 0 Å². The number of piperazine rings is 1. The molecule has 1 saturated heterocycles. The number of nitrogens with two attached hydrogens (primary N) is 1. The molecule has 1 aliphatic heterocycles. The van der Waals surface area contributed by atoms with Crippen molar-refractivity contribution in [3.63, 3.8) is 0 Å². The van der Waals surface area contributed by atoms with E-state index in [1.165, 1.54) is 0 Å². The highest BCUT2D eigenvalue weighted by Crippen LogP contribution is 2.00. The van der Waals surface area contributed by atoms with Crippen LogP contribution in [0.15, 0.2) is 0 Å². The van der Waals surface area contributed by atoms with Gasteiger partial charge in [0.2, 0.25) is 5.91 Å². The third-order valence-corrected chi connectivity index (χ3v) is 2.08. The van der Waals surface area contributed by atoms with E-state index in [2.05, 4.69) is 12.2 Å². The van der Waals surface area contributed by atoms with Crippen LogP contribution in [0.1, 0.15) is 13.3 Å². The molecule has 1 amide bonds. The summed E-state index contributed by atoms with van der Waals surface area (Å²) in [5.74, 6) is 0.186. The molecule has 1 fully saturated rings. The summed E-state index contributed by atoms with van der Waals surface area (Å²) < 4.78 is 0. The van der Waals surface area contributed by atoms with Crippen molar-refractivity contribution >= 4 is 18.3 Å². The number of carbonyl (C=O) groups is 1. The van der Waals surface area contributed by atoms with Crippen LogP contribution < -0.4 is 11.1 Å². The Balaban J connectivity index is 0.00000144. The Bertz CT molecular complexity index is 165. The maximum absolute atomic E-state index is 11.4. The summed E-state index contributed by atoms with van der Waals surface area (Å²) in [7, 11) is 0. The van der Waals surface area contributed by atoms with Crippen molar-refractivity contribution in [2.24, 2.45) is 5.73 Å². The molecular weight excluding hydrogens is 190 g/mol. The van der Waals surface area contributed by atoms with Crippen LogP contribution in [0.4, 0.5) is 0 Å². The second-order valence-electron chi connectivity index (χ2n) is 3.23. The highest BCUT2D eigenvalue weighted by atomic mass is 35.5. The number of hydrogen-bond acceptors (Lipinski definition) is 3. The number of carbonyl (C=O) groups excluding carboxylic acids is 1. The molecule has 0 radical (unpaired) electrons. The van der Waals surface area contributed by atoms with E-state index in [0.717, 1.165) is 19.6 Å². The predicted molar refractivity (Wildman–Crippen MR) is 55.0 cm³/mol. The molecule has 0 bridgehead atoms. The van der Waals surface area contributed by atoms with Gasteiger partial charge >= 0.3 is 0 Å². The Kier molecular flexibility index (Phi) is 6.03. The number of nitrogens with one attached hydrogen (secondary N) is 1. The Morgan fingerprint density at radius 1 is 1.69 bits per heavy atom. The van der Waals surface area contributed by atoms with Crippen LogP contribution in [0.25, 0.3) is 0 Å². The van der Waals surface area contributed by atoms with Crippen molar-refractivity contribution in [2.75, 3.05) is 26.2 Å². The Morgan fingerprint density at radius 3 is 2.92 bits per heavy atom. The summed E-state index contributed by atoms with van der Waals surface area (Å²) in [5, 5.41) is 3.28. The Morgan fingerprint density at radius 2 is 2.38 bits per heavy atom. The molecule has 0 aromatic carbocycles. The van der Waals surface area contributed by atoms with Gasteiger partial charge in [0.25, 0.3) is 0 Å². The largest absolute Gasteiger partial charge is 0.340 e. The number of hydrogen-bond donors (Lipinski definition) is 2. The van der Waals surface area contributed by atoms with Gasteiger partial charge in [-0.05, 0) is 6.92 Å². The fourth-order valence-corrected chi connectivity index (χ4v) is 1.44. The quantitative estimate of drug-likeness (QED) is 0.647. The third kappa shape index (κ3) is 3.93. The average molecular weight is 208 g/mol. The maximum Gasteiger partial charge on any atom is 0.223 e. The first-order valence-corrected chi connectivity index (χ1v) is 4.45. The minimum absolute atomic E-state index is 0. The van der Waals surface area contributed by atoms with Crippen molar-refractivity contribution < 1.29 is 4.79 Å². The van der Waals surface area contributed by atoms with E-state index in [0.29, 0.717) is 19.0 Å². The van der Waals surface area contributed by atoms with Gasteiger partial charge in [-0.1, -0.05) is 0 Å². The van der Waals surface area contributed by atoms with Crippen LogP contribution in [-0.4, -0.2) is 43.0 Å². The van der Waals surface area contributed by atoms with Crippen molar-refractivity contribution in [1.29, 1.82) is 0 Å². The molecule has 0 aliphatic carbocycles. The summed E-state index contributed by atoms with van der Waals surface area (Å²) in [6.45, 7) is 5.08. The van der Waals surface area contributed by atoms with Crippen LogP contribution in [0.3, 0.4) is 0 Å². The average Bonchev–Trinajstić information content (AvgIpc) is 2.05. The summed E-state index contributed by atoms with van der Waals surface area (Å²) in [4.78, 5) is 13.2. The molecule has 1 aliphatic rings. The summed E-state index contributed by atoms with van der Waals surface area (Å²) in [5.41, 5.74) is 5.31. The Labute approximate surface area is 85.3 Å². The van der Waals surface area contributed by atoms with Crippen molar-refractivity contribution in [1.82, 2.24) is 10.2 Å². The first-order chi connectivity index (χ1) is 5.74. The van der Waals surface area contributed by atoms with Crippen molar-refractivity contribution in [2.45, 2.75) is 19.4 Å². The number of halogens is 1. The number of rotatable bonds is 2. The zero-order chi connectivity index (χ0) is 8.97. The van der Waals surface area contributed by atoms with Crippen LogP contribution in [-0.2, 0) is 4.79 Å². The molecule has 0 unspecified atom stereocenters. The smallest absolute Gasteiger partial charge is 0.223 e. The first-order valence-electron chi connectivity index (χ1n) is 4.45. The molecule has 0 saturated carbocycles. The van der Waals surface area contributed by atoms with E-state index in [9.17, 15) is 4.79 Å². The van der Waals surface area contributed by atoms with Gasteiger partial charge in [0.15, 0.2) is 0 Å². The van der Waals surface area contributed by atoms with E-state index in [1.54, 1.807) is 0 Å². The second kappa shape index (κ2) is 6.18. The lowest BCUT2D eigenvalue weighted by Gasteiger charge is -2.31. The van der Waals surface area contributed by atoms with Crippen molar-refractivity contribution in [3.8, 4) is 0 Å². The lowest BCUT2D eigenvalue weighted by Crippen LogP contribution is -2.51. The molecule has 1 rings (SSSR count). The standard InChI is InChI=1S/C8H17N3O.ClH/c1-7-6-11(5-4-10-7)8(12)2-3-9;/h7,10H,2-6,9H2,1H3;1H/t7-;/m1./s1. The topological polar surface area (TPSA) is 58.4 Å². The van der Waals surface area contributed by atoms with Gasteiger partial charge in [0.05, 0.1) is 0 Å². The molecule has 1 heterocycles. The number of nitrogens with zero attached hydrogens (tertiary/aromatic N) is 1. The van der Waals surface area contributed by atoms with E-state index in [-0.39, 0.29) is 18.3 Å². The highest BCUT2D eigenvalue weighted by molar-refractivity contribution is 5.85. The SMILES string of the molecule is C[C@@H]1CN(C(=O)CCN)CCN1.Cl. The van der Waals surface area contributed by atoms with Gasteiger partial charge in [0, 0.05) is 38.6 Å². The molecular formula is C8H18ClN3O. The van der Waals surface area contributed by atoms with Gasteiger partial charge in [-0.2, -0.15) is 0 Å². The van der Waals surface area contributed by atoms with Crippen LogP contribution in [0, 0.1) is 0 Å². The lowest BCUT2D eigenvalue weighted by molar-refractivity contribution is -0.132. The highest BCUT2D eigenvalue weighted by Gasteiger charge is 2.19. The van der Waals surface area contributed by atoms with E-state index >= 15 is 0 Å². The lowest BCUT2D eigenvalue weighted by atomic mass is 10.2. The fourth-order valence-electron chi connectivity index (χ4n) is 1.44. The number of amides is 1. The zero-order valence-electron chi connectivity index (χ0n) is 7.95. The fraction of sp³-hybridized carbons (Fsp3) is 0.875. The zero-order valence-corrected chi connectivity index (χ0v) is 8.77. The molecule has 5 heteroatoms. The van der Waals surface area contributed by atoms with Gasteiger partial charge in [-0.15, -0.1) is 12.4 Å². The molecule has 13 heavy (non-hydrogen) atoms. The van der Waals surface area contributed by atoms with Crippen LogP contribution in [0.2, 0.25) is 0 Å². The molecule has 78 valence electrons. The first kappa shape index (κ1) is 12.7. The van der Waals surface area contributed by atoms with E-state index in [1.807, 2.05) is 4.90 Å². The van der Waals surface area contributed by atoms with Crippen LogP contribution in [0.5, 0.6) is 0 Å². The van der Waals surface area contributed by atoms with Gasteiger partial charge in [-0.25, -0.2) is 0 Å². The predicted octanol–water partition coefficient (Wildman–Crippen LogP) is -0.423. The molecule has 0 aromatic rings. The Hall–Kier alpha value is -0.320. The van der Waals surface area contributed by atoms with Crippen molar-refractivity contribution in [3.05, 3.63) is 0 Å². The summed E-state index contributed by atoms with van der Waals surface area (Å²) in [6.07, 6.45) is 0.479. The molecule has 1 atom stereocenters. The summed E-state index contributed by atoms with van der Waals surface area (Å²) >= 11 is 0. The monoisotopic (exact) mass is 207 g/mol. The molecule has 3 N–H and O–H groups in total. The normalized spacial score (nSPS) is 22.3. The molecule has 4 nitrogen and oxygen atoms in total. The van der Waals surface area contributed by atoms with E-state index in [4.69, 9.17) is 5.73 Å². The van der Waals surface area contributed by atoms with Gasteiger partial charge < -0.3 is 16.0 Å². The molecule has 0 aromatic heterocycles. The molecule has 0 spiro atoms. The minimum Gasteiger partial charge on any atom is -0.340 e. The maximum atomic E-state index is 11.4. The van der Waals surface area contributed by atoms with Crippen LogP contribution >= 0.6 is 12.4 Å². The van der Waals surface area contributed by atoms with E-state index < -0.39 is 0 Å². The second-order valence-corrected chi connectivity index (χ2v) is 3.23. The third-order valence-electron chi connectivity index (χ3n) is 2.08.